The van der Waals surface area contributed by atoms with Crippen LogP contribution >= 0.6 is 23.4 Å². The van der Waals surface area contributed by atoms with Gasteiger partial charge >= 0.3 is 0 Å². The lowest BCUT2D eigenvalue weighted by molar-refractivity contribution is -0.384. The highest BCUT2D eigenvalue weighted by Gasteiger charge is 2.12. The van der Waals surface area contributed by atoms with Crippen molar-refractivity contribution in [2.75, 3.05) is 0 Å². The summed E-state index contributed by atoms with van der Waals surface area (Å²) in [7, 11) is 0. The van der Waals surface area contributed by atoms with Crippen LogP contribution in [0.4, 0.5) is 5.69 Å². The number of halogens is 1. The minimum absolute atomic E-state index is 0.0917. The third kappa shape index (κ3) is 4.75. The largest absolute Gasteiger partial charge is 0.489 e. The summed E-state index contributed by atoms with van der Waals surface area (Å²) in [6.07, 6.45) is 0. The zero-order valence-corrected chi connectivity index (χ0v) is 14.7. The van der Waals surface area contributed by atoms with Crippen LogP contribution in [0.3, 0.4) is 0 Å². The molecule has 0 spiro atoms. The van der Waals surface area contributed by atoms with E-state index in [1.807, 2.05) is 54.6 Å². The lowest BCUT2D eigenvalue weighted by Gasteiger charge is -2.08. The molecule has 0 aliphatic carbocycles. The molecule has 0 aliphatic rings. The monoisotopic (exact) mass is 371 g/mol. The van der Waals surface area contributed by atoms with E-state index in [0.29, 0.717) is 6.61 Å². The molecule has 3 aromatic carbocycles. The minimum Gasteiger partial charge on any atom is -0.489 e. The fourth-order valence-electron chi connectivity index (χ4n) is 2.20. The Labute approximate surface area is 154 Å². The van der Waals surface area contributed by atoms with Gasteiger partial charge in [-0.3, -0.25) is 10.1 Å². The van der Waals surface area contributed by atoms with Crippen LogP contribution in [0.1, 0.15) is 5.56 Å². The van der Waals surface area contributed by atoms with E-state index in [1.165, 1.54) is 17.8 Å². The standard InChI is InChI=1S/C19H14ClNO3S/c20-18-12-17(9-10-19(18)21(22)23)25-16-8-4-7-15(11-16)24-13-14-5-2-1-3-6-14/h1-12H,13H2. The fraction of sp³-hybridized carbons (Fsp3) is 0.0526. The molecule has 0 aromatic heterocycles. The van der Waals surface area contributed by atoms with Crippen molar-refractivity contribution in [2.45, 2.75) is 16.4 Å². The van der Waals surface area contributed by atoms with Crippen molar-refractivity contribution in [1.82, 2.24) is 0 Å². The van der Waals surface area contributed by atoms with E-state index in [1.54, 1.807) is 12.1 Å². The minimum atomic E-state index is -0.491. The molecule has 0 amide bonds. The summed E-state index contributed by atoms with van der Waals surface area (Å²) in [6.45, 7) is 0.498. The van der Waals surface area contributed by atoms with E-state index in [0.717, 1.165) is 21.1 Å². The highest BCUT2D eigenvalue weighted by molar-refractivity contribution is 7.99. The first kappa shape index (κ1) is 17.3. The molecular weight excluding hydrogens is 358 g/mol. The Kier molecular flexibility index (Phi) is 5.58. The quantitative estimate of drug-likeness (QED) is 0.395. The van der Waals surface area contributed by atoms with Gasteiger partial charge in [-0.15, -0.1) is 0 Å². The third-order valence-electron chi connectivity index (χ3n) is 3.41. The summed E-state index contributed by atoms with van der Waals surface area (Å²) < 4.78 is 5.82. The Morgan fingerprint density at radius 1 is 0.960 bits per heavy atom. The predicted molar refractivity (Wildman–Crippen MR) is 99.4 cm³/mol. The maximum Gasteiger partial charge on any atom is 0.287 e. The van der Waals surface area contributed by atoms with E-state index in [-0.39, 0.29) is 10.7 Å². The number of benzene rings is 3. The average molecular weight is 372 g/mol. The predicted octanol–water partition coefficient (Wildman–Crippen LogP) is 5.98. The Hall–Kier alpha value is -2.50. The molecule has 3 rings (SSSR count). The maximum atomic E-state index is 10.8. The molecule has 6 heteroatoms. The molecule has 0 unspecified atom stereocenters. The van der Waals surface area contributed by atoms with E-state index in [2.05, 4.69) is 0 Å². The fourth-order valence-corrected chi connectivity index (χ4v) is 3.42. The van der Waals surface area contributed by atoms with Gasteiger partial charge in [0.15, 0.2) is 0 Å². The lowest BCUT2D eigenvalue weighted by Crippen LogP contribution is -1.94. The van der Waals surface area contributed by atoms with Crippen molar-refractivity contribution in [3.63, 3.8) is 0 Å². The van der Waals surface area contributed by atoms with Crippen LogP contribution in [-0.4, -0.2) is 4.92 Å². The number of ether oxygens (including phenoxy) is 1. The number of hydrogen-bond acceptors (Lipinski definition) is 4. The van der Waals surface area contributed by atoms with Crippen molar-refractivity contribution in [3.8, 4) is 5.75 Å². The molecule has 0 bridgehead atoms. The zero-order valence-electron chi connectivity index (χ0n) is 13.1. The number of rotatable bonds is 6. The Morgan fingerprint density at radius 3 is 2.44 bits per heavy atom. The molecule has 4 nitrogen and oxygen atoms in total. The second-order valence-corrected chi connectivity index (χ2v) is 6.78. The van der Waals surface area contributed by atoms with Gasteiger partial charge in [-0.25, -0.2) is 0 Å². The number of nitro groups is 1. The maximum absolute atomic E-state index is 10.8. The first-order valence-electron chi connectivity index (χ1n) is 7.50. The van der Waals surface area contributed by atoms with E-state index >= 15 is 0 Å². The van der Waals surface area contributed by atoms with Gasteiger partial charge in [0.2, 0.25) is 0 Å². The number of nitro benzene ring substituents is 1. The molecule has 3 aromatic rings. The zero-order chi connectivity index (χ0) is 17.6. The molecule has 0 fully saturated rings. The van der Waals surface area contributed by atoms with Gasteiger partial charge in [-0.05, 0) is 35.9 Å². The summed E-state index contributed by atoms with van der Waals surface area (Å²) in [5.74, 6) is 0.766. The molecule has 126 valence electrons. The Bertz CT molecular complexity index is 887. The van der Waals surface area contributed by atoms with Gasteiger partial charge in [0, 0.05) is 15.9 Å². The van der Waals surface area contributed by atoms with Crippen LogP contribution < -0.4 is 4.74 Å². The first-order chi connectivity index (χ1) is 12.1. The molecule has 0 atom stereocenters. The van der Waals surface area contributed by atoms with Crippen LogP contribution in [-0.2, 0) is 6.61 Å². The summed E-state index contributed by atoms with van der Waals surface area (Å²) in [6, 6.07) is 22.3. The average Bonchev–Trinajstić information content (AvgIpc) is 2.61. The summed E-state index contributed by atoms with van der Waals surface area (Å²) in [4.78, 5) is 12.1. The Morgan fingerprint density at radius 2 is 1.72 bits per heavy atom. The van der Waals surface area contributed by atoms with Gasteiger partial charge in [-0.2, -0.15) is 0 Å². The summed E-state index contributed by atoms with van der Waals surface area (Å²) in [5.41, 5.74) is 1.01. The van der Waals surface area contributed by atoms with Gasteiger partial charge in [0.1, 0.15) is 17.4 Å². The molecule has 0 heterocycles. The van der Waals surface area contributed by atoms with Gasteiger partial charge in [0.05, 0.1) is 4.92 Å². The van der Waals surface area contributed by atoms with E-state index in [9.17, 15) is 10.1 Å². The smallest absolute Gasteiger partial charge is 0.287 e. The molecule has 25 heavy (non-hydrogen) atoms. The topological polar surface area (TPSA) is 52.4 Å². The van der Waals surface area contributed by atoms with Crippen LogP contribution in [0, 0.1) is 10.1 Å². The van der Waals surface area contributed by atoms with E-state index < -0.39 is 4.92 Å². The van der Waals surface area contributed by atoms with Gasteiger partial charge < -0.3 is 4.74 Å². The summed E-state index contributed by atoms with van der Waals surface area (Å²) >= 11 is 7.43. The summed E-state index contributed by atoms with van der Waals surface area (Å²) in [5, 5.41) is 11.0. The highest BCUT2D eigenvalue weighted by Crippen LogP contribution is 2.34. The van der Waals surface area contributed by atoms with Crippen LogP contribution in [0.2, 0.25) is 5.02 Å². The molecule has 0 saturated carbocycles. The third-order valence-corrected chi connectivity index (χ3v) is 4.69. The molecule has 0 N–H and O–H groups in total. The SMILES string of the molecule is O=[N+]([O-])c1ccc(Sc2cccc(OCc3ccccc3)c2)cc1Cl. The molecular formula is C19H14ClNO3S. The normalized spacial score (nSPS) is 10.4. The van der Waals surface area contributed by atoms with Crippen molar-refractivity contribution in [1.29, 1.82) is 0 Å². The molecule has 0 radical (unpaired) electrons. The van der Waals surface area contributed by atoms with Crippen molar-refractivity contribution < 1.29 is 9.66 Å². The van der Waals surface area contributed by atoms with Gasteiger partial charge in [0.25, 0.3) is 5.69 Å². The highest BCUT2D eigenvalue weighted by atomic mass is 35.5. The molecule has 0 saturated heterocycles. The van der Waals surface area contributed by atoms with Crippen LogP contribution in [0.25, 0.3) is 0 Å². The molecule has 0 aliphatic heterocycles. The van der Waals surface area contributed by atoms with Crippen molar-refractivity contribution >= 4 is 29.1 Å². The second-order valence-electron chi connectivity index (χ2n) is 5.22. The Balaban J connectivity index is 1.69. The van der Waals surface area contributed by atoms with E-state index in [4.69, 9.17) is 16.3 Å². The number of nitrogens with zero attached hydrogens (tertiary/aromatic N) is 1. The van der Waals surface area contributed by atoms with Crippen LogP contribution in [0.5, 0.6) is 5.75 Å². The number of hydrogen-bond donors (Lipinski definition) is 0. The second kappa shape index (κ2) is 8.05. The van der Waals surface area contributed by atoms with Crippen molar-refractivity contribution in [3.05, 3.63) is 93.5 Å². The first-order valence-corrected chi connectivity index (χ1v) is 8.70. The van der Waals surface area contributed by atoms with Crippen molar-refractivity contribution in [2.24, 2.45) is 0 Å². The lowest BCUT2D eigenvalue weighted by atomic mass is 10.2. The van der Waals surface area contributed by atoms with Crippen LogP contribution in [0.15, 0.2) is 82.6 Å². The van der Waals surface area contributed by atoms with Gasteiger partial charge in [-0.1, -0.05) is 59.8 Å².